The molecule has 2 rings (SSSR count). The normalized spacial score (nSPS) is 10.4. The Hall–Kier alpha value is -2.50. The number of rotatable bonds is 3. The summed E-state index contributed by atoms with van der Waals surface area (Å²) in [6.07, 6.45) is 0. The van der Waals surface area contributed by atoms with E-state index in [2.05, 4.69) is 0 Å². The van der Waals surface area contributed by atoms with Crippen LogP contribution in [0.15, 0.2) is 30.3 Å². The number of amidine groups is 1. The van der Waals surface area contributed by atoms with E-state index >= 15 is 0 Å². The van der Waals surface area contributed by atoms with E-state index < -0.39 is 29.0 Å². The first-order valence-corrected chi connectivity index (χ1v) is 5.66. The molecule has 0 unspecified atom stereocenters. The number of halogens is 3. The van der Waals surface area contributed by atoms with Crippen LogP contribution in [0, 0.1) is 29.8 Å². The van der Waals surface area contributed by atoms with Crippen molar-refractivity contribution in [2.75, 3.05) is 0 Å². The van der Waals surface area contributed by atoms with Crippen LogP contribution in [0.3, 0.4) is 0 Å². The number of hydrogen-bond donors (Lipinski definition) is 2. The van der Waals surface area contributed by atoms with Gasteiger partial charge in [0.05, 0.1) is 0 Å². The Kier molecular flexibility index (Phi) is 3.65. The van der Waals surface area contributed by atoms with Crippen molar-refractivity contribution >= 4 is 5.84 Å². The number of hydrogen-bond acceptors (Lipinski definition) is 2. The van der Waals surface area contributed by atoms with E-state index in [0.29, 0.717) is 5.56 Å². The van der Waals surface area contributed by atoms with Gasteiger partial charge in [0.15, 0.2) is 17.4 Å². The molecule has 3 N–H and O–H groups in total. The second-order valence-electron chi connectivity index (χ2n) is 4.19. The Labute approximate surface area is 113 Å². The van der Waals surface area contributed by atoms with Crippen molar-refractivity contribution in [1.82, 2.24) is 0 Å². The molecule has 0 aliphatic heterocycles. The number of nitrogens with two attached hydrogens (primary N) is 1. The fourth-order valence-electron chi connectivity index (χ4n) is 1.65. The molecule has 0 aromatic heterocycles. The zero-order valence-electron chi connectivity index (χ0n) is 10.5. The molecule has 3 nitrogen and oxygen atoms in total. The van der Waals surface area contributed by atoms with Crippen LogP contribution in [-0.4, -0.2) is 5.84 Å². The summed E-state index contributed by atoms with van der Waals surface area (Å²) in [7, 11) is 0. The zero-order chi connectivity index (χ0) is 14.9. The third-order valence-electron chi connectivity index (χ3n) is 2.66. The van der Waals surface area contributed by atoms with Gasteiger partial charge in [-0.05, 0) is 42.8 Å². The third kappa shape index (κ3) is 2.74. The van der Waals surface area contributed by atoms with E-state index in [1.165, 1.54) is 12.1 Å². The van der Waals surface area contributed by atoms with Crippen molar-refractivity contribution in [1.29, 1.82) is 5.41 Å². The summed E-state index contributed by atoms with van der Waals surface area (Å²) < 4.78 is 45.6. The molecule has 0 spiro atoms. The van der Waals surface area contributed by atoms with Gasteiger partial charge in [-0.2, -0.15) is 0 Å². The van der Waals surface area contributed by atoms with Crippen LogP contribution >= 0.6 is 0 Å². The van der Waals surface area contributed by atoms with Crippen molar-refractivity contribution < 1.29 is 17.9 Å². The first kappa shape index (κ1) is 13.9. The maximum atomic E-state index is 13.8. The maximum Gasteiger partial charge on any atom is 0.198 e. The lowest BCUT2D eigenvalue weighted by molar-refractivity contribution is 0.404. The highest BCUT2D eigenvalue weighted by Gasteiger charge is 2.15. The lowest BCUT2D eigenvalue weighted by atomic mass is 10.1. The van der Waals surface area contributed by atoms with Gasteiger partial charge in [0, 0.05) is 5.56 Å². The predicted octanol–water partition coefficient (Wildman–Crippen LogP) is 3.49. The average molecular weight is 280 g/mol. The van der Waals surface area contributed by atoms with Gasteiger partial charge < -0.3 is 10.5 Å². The fourth-order valence-corrected chi connectivity index (χ4v) is 1.65. The molecule has 0 fully saturated rings. The molecule has 0 aliphatic rings. The minimum Gasteiger partial charge on any atom is -0.451 e. The molecule has 0 bridgehead atoms. The van der Waals surface area contributed by atoms with Gasteiger partial charge in [-0.15, -0.1) is 0 Å². The Morgan fingerprint density at radius 3 is 2.20 bits per heavy atom. The van der Waals surface area contributed by atoms with Crippen LogP contribution in [0.4, 0.5) is 13.2 Å². The second kappa shape index (κ2) is 5.24. The molecule has 2 aromatic rings. The fraction of sp³-hybridized carbons (Fsp3) is 0.0714. The van der Waals surface area contributed by atoms with Crippen LogP contribution in [0.2, 0.25) is 0 Å². The van der Waals surface area contributed by atoms with Crippen LogP contribution in [0.1, 0.15) is 11.1 Å². The standard InChI is InChI=1S/C14H11F3N2O/c1-7-4-9(15)2-3-12(7)20-13-10(16)5-8(14(18)19)6-11(13)17/h2-6H,1H3,(H3,18,19). The Balaban J connectivity index is 2.41. The third-order valence-corrected chi connectivity index (χ3v) is 2.66. The summed E-state index contributed by atoms with van der Waals surface area (Å²) in [6.45, 7) is 1.55. The summed E-state index contributed by atoms with van der Waals surface area (Å²) >= 11 is 0. The molecular weight excluding hydrogens is 269 g/mol. The predicted molar refractivity (Wildman–Crippen MR) is 68.6 cm³/mol. The molecular formula is C14H11F3N2O. The summed E-state index contributed by atoms with van der Waals surface area (Å²) in [5, 5.41) is 7.14. The van der Waals surface area contributed by atoms with Crippen LogP contribution in [0.25, 0.3) is 0 Å². The minimum absolute atomic E-state index is 0.0804. The van der Waals surface area contributed by atoms with Crippen LogP contribution in [-0.2, 0) is 0 Å². The molecule has 104 valence electrons. The second-order valence-corrected chi connectivity index (χ2v) is 4.19. The quantitative estimate of drug-likeness (QED) is 0.668. The van der Waals surface area contributed by atoms with Gasteiger partial charge in [0.2, 0.25) is 0 Å². The highest BCUT2D eigenvalue weighted by Crippen LogP contribution is 2.30. The lowest BCUT2D eigenvalue weighted by Gasteiger charge is -2.11. The molecule has 0 radical (unpaired) electrons. The number of nitrogen functional groups attached to an aromatic ring is 1. The van der Waals surface area contributed by atoms with E-state index in [1.807, 2.05) is 0 Å². The van der Waals surface area contributed by atoms with Crippen molar-refractivity contribution in [2.24, 2.45) is 5.73 Å². The number of ether oxygens (including phenoxy) is 1. The van der Waals surface area contributed by atoms with E-state index in [1.54, 1.807) is 6.92 Å². The first-order valence-electron chi connectivity index (χ1n) is 5.66. The molecule has 0 heterocycles. The largest absolute Gasteiger partial charge is 0.451 e. The Morgan fingerprint density at radius 1 is 1.10 bits per heavy atom. The SMILES string of the molecule is Cc1cc(F)ccc1Oc1c(F)cc(C(=N)N)cc1F. The monoisotopic (exact) mass is 280 g/mol. The van der Waals surface area contributed by atoms with E-state index in [9.17, 15) is 13.2 Å². The molecule has 0 atom stereocenters. The molecule has 0 amide bonds. The smallest absolute Gasteiger partial charge is 0.198 e. The van der Waals surface area contributed by atoms with Gasteiger partial charge in [0.25, 0.3) is 0 Å². The maximum absolute atomic E-state index is 13.8. The summed E-state index contributed by atoms with van der Waals surface area (Å²) in [5.41, 5.74) is 5.48. The number of benzene rings is 2. The minimum atomic E-state index is -0.987. The molecule has 6 heteroatoms. The lowest BCUT2D eigenvalue weighted by Crippen LogP contribution is -2.12. The Bertz CT molecular complexity index is 663. The van der Waals surface area contributed by atoms with E-state index in [4.69, 9.17) is 15.9 Å². The van der Waals surface area contributed by atoms with Gasteiger partial charge in [0.1, 0.15) is 17.4 Å². The topological polar surface area (TPSA) is 59.1 Å². The van der Waals surface area contributed by atoms with Gasteiger partial charge in [-0.1, -0.05) is 0 Å². The summed E-state index contributed by atoms with van der Waals surface area (Å²) in [6, 6.07) is 5.40. The van der Waals surface area contributed by atoms with Crippen LogP contribution in [0.5, 0.6) is 11.5 Å². The highest BCUT2D eigenvalue weighted by molar-refractivity contribution is 5.95. The van der Waals surface area contributed by atoms with Gasteiger partial charge in [-0.25, -0.2) is 13.2 Å². The summed E-state index contributed by atoms with van der Waals surface area (Å²) in [5.74, 6) is -3.38. The van der Waals surface area contributed by atoms with Gasteiger partial charge >= 0.3 is 0 Å². The Morgan fingerprint density at radius 2 is 1.70 bits per heavy atom. The van der Waals surface area contributed by atoms with E-state index in [0.717, 1.165) is 18.2 Å². The molecule has 20 heavy (non-hydrogen) atoms. The van der Waals surface area contributed by atoms with Crippen LogP contribution < -0.4 is 10.5 Å². The summed E-state index contributed by atoms with van der Waals surface area (Å²) in [4.78, 5) is 0. The molecule has 0 aliphatic carbocycles. The molecule has 2 aromatic carbocycles. The molecule has 0 saturated heterocycles. The number of nitrogens with one attached hydrogen (secondary N) is 1. The van der Waals surface area contributed by atoms with Gasteiger partial charge in [-0.3, -0.25) is 5.41 Å². The average Bonchev–Trinajstić information content (AvgIpc) is 2.35. The highest BCUT2D eigenvalue weighted by atomic mass is 19.1. The van der Waals surface area contributed by atoms with Crippen molar-refractivity contribution in [3.05, 3.63) is 58.9 Å². The van der Waals surface area contributed by atoms with Crippen molar-refractivity contribution in [3.63, 3.8) is 0 Å². The molecule has 0 saturated carbocycles. The number of aryl methyl sites for hydroxylation is 1. The van der Waals surface area contributed by atoms with Crippen molar-refractivity contribution in [3.8, 4) is 11.5 Å². The van der Waals surface area contributed by atoms with E-state index in [-0.39, 0.29) is 11.3 Å². The first-order chi connectivity index (χ1) is 9.38. The zero-order valence-corrected chi connectivity index (χ0v) is 10.5. The van der Waals surface area contributed by atoms with Crippen molar-refractivity contribution in [2.45, 2.75) is 6.92 Å².